The second kappa shape index (κ2) is 6.82. The summed E-state index contributed by atoms with van der Waals surface area (Å²) in [6, 6.07) is 0. The molecule has 0 aliphatic heterocycles. The Morgan fingerprint density at radius 3 is 2.21 bits per heavy atom. The van der Waals surface area contributed by atoms with Crippen molar-refractivity contribution in [2.24, 2.45) is 11.8 Å². The number of hydrogen-bond acceptors (Lipinski definition) is 3. The van der Waals surface area contributed by atoms with E-state index in [2.05, 4.69) is 18.6 Å². The first-order valence-electron chi connectivity index (χ1n) is 5.31. The molecule has 0 aliphatic carbocycles. The van der Waals surface area contributed by atoms with Crippen LogP contribution in [0.25, 0.3) is 0 Å². The average Bonchev–Trinajstić information content (AvgIpc) is 2.19. The lowest BCUT2D eigenvalue weighted by molar-refractivity contribution is -0.142. The Labute approximate surface area is 86.5 Å². The maximum absolute atomic E-state index is 11.0. The maximum atomic E-state index is 11.0. The molecule has 3 heteroatoms. The highest BCUT2D eigenvalue weighted by atomic mass is 16.5. The third kappa shape index (κ3) is 4.09. The van der Waals surface area contributed by atoms with Crippen LogP contribution in [-0.4, -0.2) is 24.3 Å². The van der Waals surface area contributed by atoms with Gasteiger partial charge in [0, 0.05) is 0 Å². The van der Waals surface area contributed by atoms with Gasteiger partial charge in [-0.1, -0.05) is 33.6 Å². The number of aliphatic hydroxyl groups is 1. The number of aliphatic hydroxyl groups excluding tert-OH is 1. The van der Waals surface area contributed by atoms with E-state index >= 15 is 0 Å². The number of ether oxygens (including phenoxy) is 1. The highest BCUT2D eigenvalue weighted by molar-refractivity contribution is 5.69. The van der Waals surface area contributed by atoms with Gasteiger partial charge in [0.05, 0.1) is 19.6 Å². The number of esters is 1. The Hall–Kier alpha value is -0.570. The van der Waals surface area contributed by atoms with Crippen molar-refractivity contribution >= 4 is 5.97 Å². The van der Waals surface area contributed by atoms with Crippen LogP contribution < -0.4 is 0 Å². The molecule has 0 heterocycles. The second-order valence-corrected chi connectivity index (χ2v) is 3.82. The van der Waals surface area contributed by atoms with Crippen LogP contribution in [0.3, 0.4) is 0 Å². The van der Waals surface area contributed by atoms with Gasteiger partial charge in [-0.25, -0.2) is 0 Å². The quantitative estimate of drug-likeness (QED) is 0.670. The average molecular weight is 202 g/mol. The van der Waals surface area contributed by atoms with Crippen molar-refractivity contribution in [3.05, 3.63) is 0 Å². The molecule has 0 aliphatic rings. The van der Waals surface area contributed by atoms with Crippen LogP contribution in [0.15, 0.2) is 0 Å². The topological polar surface area (TPSA) is 46.5 Å². The van der Waals surface area contributed by atoms with Gasteiger partial charge < -0.3 is 9.84 Å². The van der Waals surface area contributed by atoms with Crippen molar-refractivity contribution in [3.63, 3.8) is 0 Å². The fourth-order valence-electron chi connectivity index (χ4n) is 1.70. The zero-order chi connectivity index (χ0) is 11.1. The SMILES string of the molecule is CCC(CC)C(O)C(C)CC(=O)OC. The Bertz CT molecular complexity index is 164. The van der Waals surface area contributed by atoms with Gasteiger partial charge in [-0.15, -0.1) is 0 Å². The minimum absolute atomic E-state index is 0.0210. The number of carbonyl (C=O) groups is 1. The molecule has 0 rings (SSSR count). The molecule has 84 valence electrons. The van der Waals surface area contributed by atoms with Gasteiger partial charge in [-0.05, 0) is 11.8 Å². The van der Waals surface area contributed by atoms with Gasteiger partial charge in [0.2, 0.25) is 0 Å². The van der Waals surface area contributed by atoms with Crippen LogP contribution >= 0.6 is 0 Å². The first kappa shape index (κ1) is 13.4. The van der Waals surface area contributed by atoms with Gasteiger partial charge in [-0.2, -0.15) is 0 Å². The van der Waals surface area contributed by atoms with Gasteiger partial charge in [0.15, 0.2) is 0 Å². The van der Waals surface area contributed by atoms with Crippen molar-refractivity contribution in [2.75, 3.05) is 7.11 Å². The van der Waals surface area contributed by atoms with Gasteiger partial charge in [-0.3, -0.25) is 4.79 Å². The molecule has 2 unspecified atom stereocenters. The van der Waals surface area contributed by atoms with Crippen LogP contribution in [0.1, 0.15) is 40.0 Å². The van der Waals surface area contributed by atoms with Crippen LogP contribution in [-0.2, 0) is 9.53 Å². The zero-order valence-corrected chi connectivity index (χ0v) is 9.62. The Kier molecular flexibility index (Phi) is 6.54. The largest absolute Gasteiger partial charge is 0.469 e. The van der Waals surface area contributed by atoms with E-state index in [9.17, 15) is 9.90 Å². The molecule has 3 nitrogen and oxygen atoms in total. The van der Waals surface area contributed by atoms with Crippen molar-refractivity contribution in [1.82, 2.24) is 0 Å². The van der Waals surface area contributed by atoms with Crippen LogP contribution in [0.5, 0.6) is 0 Å². The van der Waals surface area contributed by atoms with Gasteiger partial charge in [0.1, 0.15) is 0 Å². The molecule has 2 atom stereocenters. The predicted octanol–water partition coefficient (Wildman–Crippen LogP) is 1.98. The van der Waals surface area contributed by atoms with Gasteiger partial charge >= 0.3 is 5.97 Å². The summed E-state index contributed by atoms with van der Waals surface area (Å²) in [5, 5.41) is 9.91. The monoisotopic (exact) mass is 202 g/mol. The summed E-state index contributed by atoms with van der Waals surface area (Å²) in [6.07, 6.45) is 1.80. The molecule has 14 heavy (non-hydrogen) atoms. The van der Waals surface area contributed by atoms with E-state index in [0.29, 0.717) is 6.42 Å². The smallest absolute Gasteiger partial charge is 0.305 e. The fourth-order valence-corrected chi connectivity index (χ4v) is 1.70. The molecule has 0 spiro atoms. The lowest BCUT2D eigenvalue weighted by Gasteiger charge is -2.25. The minimum atomic E-state index is -0.399. The molecular weight excluding hydrogens is 180 g/mol. The van der Waals surface area contributed by atoms with E-state index in [1.165, 1.54) is 7.11 Å². The third-order valence-electron chi connectivity index (χ3n) is 2.83. The molecule has 0 amide bonds. The summed E-state index contributed by atoms with van der Waals surface area (Å²) < 4.78 is 4.57. The number of hydrogen-bond donors (Lipinski definition) is 1. The van der Waals surface area contributed by atoms with E-state index in [4.69, 9.17) is 0 Å². The normalized spacial score (nSPS) is 15.3. The standard InChI is InChI=1S/C11H22O3/c1-5-9(6-2)11(13)8(3)7-10(12)14-4/h8-9,11,13H,5-7H2,1-4H3. The number of rotatable bonds is 6. The molecule has 0 saturated carbocycles. The summed E-state index contributed by atoms with van der Waals surface area (Å²) in [4.78, 5) is 11.0. The molecule has 0 saturated heterocycles. The van der Waals surface area contributed by atoms with E-state index in [1.54, 1.807) is 0 Å². The Morgan fingerprint density at radius 1 is 1.36 bits per heavy atom. The molecule has 0 radical (unpaired) electrons. The van der Waals surface area contributed by atoms with Crippen molar-refractivity contribution < 1.29 is 14.6 Å². The molecule has 0 bridgehead atoms. The van der Waals surface area contributed by atoms with E-state index < -0.39 is 6.10 Å². The molecule has 0 fully saturated rings. The van der Waals surface area contributed by atoms with Crippen LogP contribution in [0.2, 0.25) is 0 Å². The van der Waals surface area contributed by atoms with Crippen molar-refractivity contribution in [1.29, 1.82) is 0 Å². The highest BCUT2D eigenvalue weighted by Gasteiger charge is 2.24. The molecule has 0 aromatic carbocycles. The summed E-state index contributed by atoms with van der Waals surface area (Å²) in [7, 11) is 1.37. The fraction of sp³-hybridized carbons (Fsp3) is 0.909. The molecular formula is C11H22O3. The Morgan fingerprint density at radius 2 is 1.86 bits per heavy atom. The maximum Gasteiger partial charge on any atom is 0.305 e. The zero-order valence-electron chi connectivity index (χ0n) is 9.62. The molecule has 1 N–H and O–H groups in total. The first-order valence-corrected chi connectivity index (χ1v) is 5.31. The first-order chi connectivity index (χ1) is 6.56. The van der Waals surface area contributed by atoms with E-state index in [1.807, 2.05) is 6.92 Å². The minimum Gasteiger partial charge on any atom is -0.469 e. The predicted molar refractivity (Wildman–Crippen MR) is 55.9 cm³/mol. The van der Waals surface area contributed by atoms with E-state index in [0.717, 1.165) is 12.8 Å². The number of methoxy groups -OCH3 is 1. The highest BCUT2D eigenvalue weighted by Crippen LogP contribution is 2.22. The van der Waals surface area contributed by atoms with Crippen LogP contribution in [0.4, 0.5) is 0 Å². The summed E-state index contributed by atoms with van der Waals surface area (Å²) in [5.41, 5.74) is 0. The van der Waals surface area contributed by atoms with Crippen LogP contribution in [0, 0.1) is 11.8 Å². The van der Waals surface area contributed by atoms with E-state index in [-0.39, 0.29) is 17.8 Å². The summed E-state index contributed by atoms with van der Waals surface area (Å²) in [6.45, 7) is 6.00. The lowest BCUT2D eigenvalue weighted by Crippen LogP contribution is -2.28. The van der Waals surface area contributed by atoms with Crippen molar-refractivity contribution in [3.8, 4) is 0 Å². The summed E-state index contributed by atoms with van der Waals surface area (Å²) >= 11 is 0. The summed E-state index contributed by atoms with van der Waals surface area (Å²) in [5.74, 6) is 0.0181. The second-order valence-electron chi connectivity index (χ2n) is 3.82. The van der Waals surface area contributed by atoms with Crippen molar-refractivity contribution in [2.45, 2.75) is 46.1 Å². The van der Waals surface area contributed by atoms with Gasteiger partial charge in [0.25, 0.3) is 0 Å². The third-order valence-corrected chi connectivity index (χ3v) is 2.83. The molecule has 0 aromatic rings. The Balaban J connectivity index is 4.08. The molecule has 0 aromatic heterocycles. The lowest BCUT2D eigenvalue weighted by atomic mass is 9.86. The number of carbonyl (C=O) groups excluding carboxylic acids is 1.